The highest BCUT2D eigenvalue weighted by molar-refractivity contribution is 4.79. The molecule has 0 spiro atoms. The molecule has 0 bridgehead atoms. The van der Waals surface area contributed by atoms with Gasteiger partial charge in [-0.1, -0.05) is 13.3 Å². The summed E-state index contributed by atoms with van der Waals surface area (Å²) in [4.78, 5) is 2.62. The summed E-state index contributed by atoms with van der Waals surface area (Å²) in [6, 6.07) is 0.755. The molecule has 1 N–H and O–H groups in total. The second-order valence-electron chi connectivity index (χ2n) is 4.23. The highest BCUT2D eigenvalue weighted by atomic mass is 16.5. The van der Waals surface area contributed by atoms with Crippen molar-refractivity contribution in [2.24, 2.45) is 0 Å². The number of piperazine rings is 1. The summed E-state index contributed by atoms with van der Waals surface area (Å²) in [5.74, 6) is 0. The number of rotatable bonds is 7. The SMILES string of the molecule is CCCC1CNCCN1CCCOCC. The number of nitrogens with zero attached hydrogens (tertiary/aromatic N) is 1. The number of hydrogen-bond acceptors (Lipinski definition) is 3. The van der Waals surface area contributed by atoms with Crippen LogP contribution in [0.25, 0.3) is 0 Å². The molecular weight excluding hydrogens is 188 g/mol. The van der Waals surface area contributed by atoms with E-state index in [9.17, 15) is 0 Å². The fraction of sp³-hybridized carbons (Fsp3) is 1.00. The van der Waals surface area contributed by atoms with Crippen LogP contribution in [0.3, 0.4) is 0 Å². The van der Waals surface area contributed by atoms with E-state index in [1.807, 2.05) is 0 Å². The van der Waals surface area contributed by atoms with Crippen LogP contribution in [-0.2, 0) is 4.74 Å². The van der Waals surface area contributed by atoms with Crippen LogP contribution in [0.2, 0.25) is 0 Å². The Morgan fingerprint density at radius 3 is 3.00 bits per heavy atom. The summed E-state index contributed by atoms with van der Waals surface area (Å²) in [6.07, 6.45) is 3.78. The van der Waals surface area contributed by atoms with E-state index in [2.05, 4.69) is 24.1 Å². The molecule has 1 aliphatic rings. The van der Waals surface area contributed by atoms with Crippen LogP contribution in [-0.4, -0.2) is 50.3 Å². The van der Waals surface area contributed by atoms with Gasteiger partial charge in [-0.3, -0.25) is 4.90 Å². The van der Waals surface area contributed by atoms with Gasteiger partial charge < -0.3 is 10.1 Å². The minimum atomic E-state index is 0.755. The maximum absolute atomic E-state index is 5.38. The van der Waals surface area contributed by atoms with Crippen molar-refractivity contribution in [2.75, 3.05) is 39.4 Å². The molecular formula is C12H26N2O. The average Bonchev–Trinajstić information content (AvgIpc) is 2.27. The van der Waals surface area contributed by atoms with Crippen molar-refractivity contribution < 1.29 is 4.74 Å². The van der Waals surface area contributed by atoms with Crippen molar-refractivity contribution in [3.8, 4) is 0 Å². The van der Waals surface area contributed by atoms with Gasteiger partial charge in [0.1, 0.15) is 0 Å². The van der Waals surface area contributed by atoms with Crippen molar-refractivity contribution in [1.82, 2.24) is 10.2 Å². The number of hydrogen-bond donors (Lipinski definition) is 1. The summed E-state index contributed by atoms with van der Waals surface area (Å²) in [7, 11) is 0. The summed E-state index contributed by atoms with van der Waals surface area (Å²) in [5, 5.41) is 3.48. The van der Waals surface area contributed by atoms with Crippen LogP contribution in [0.1, 0.15) is 33.1 Å². The minimum Gasteiger partial charge on any atom is -0.382 e. The molecule has 1 saturated heterocycles. The molecule has 1 atom stereocenters. The summed E-state index contributed by atoms with van der Waals surface area (Å²) in [5.41, 5.74) is 0. The van der Waals surface area contributed by atoms with Crippen LogP contribution in [0.4, 0.5) is 0 Å². The normalized spacial score (nSPS) is 23.2. The topological polar surface area (TPSA) is 24.5 Å². The van der Waals surface area contributed by atoms with Gasteiger partial charge in [-0.25, -0.2) is 0 Å². The molecule has 0 aromatic rings. The van der Waals surface area contributed by atoms with E-state index >= 15 is 0 Å². The van der Waals surface area contributed by atoms with Gasteiger partial charge in [-0.15, -0.1) is 0 Å². The van der Waals surface area contributed by atoms with Crippen LogP contribution in [0.5, 0.6) is 0 Å². The maximum atomic E-state index is 5.38. The van der Waals surface area contributed by atoms with Gasteiger partial charge in [0.15, 0.2) is 0 Å². The summed E-state index contributed by atoms with van der Waals surface area (Å²) in [6.45, 7) is 10.8. The van der Waals surface area contributed by atoms with Gasteiger partial charge in [-0.2, -0.15) is 0 Å². The van der Waals surface area contributed by atoms with Crippen LogP contribution >= 0.6 is 0 Å². The van der Waals surface area contributed by atoms with Crippen molar-refractivity contribution in [3.05, 3.63) is 0 Å². The van der Waals surface area contributed by atoms with E-state index in [1.165, 1.54) is 38.9 Å². The molecule has 0 aliphatic carbocycles. The Labute approximate surface area is 94.2 Å². The molecule has 3 nitrogen and oxygen atoms in total. The first-order valence-electron chi connectivity index (χ1n) is 6.41. The van der Waals surface area contributed by atoms with Gasteiger partial charge in [0.05, 0.1) is 0 Å². The number of ether oxygens (including phenoxy) is 1. The molecule has 0 radical (unpaired) electrons. The van der Waals surface area contributed by atoms with Crippen LogP contribution < -0.4 is 5.32 Å². The Morgan fingerprint density at radius 1 is 1.40 bits per heavy atom. The molecule has 3 heteroatoms. The van der Waals surface area contributed by atoms with E-state index in [0.717, 1.165) is 25.8 Å². The summed E-state index contributed by atoms with van der Waals surface area (Å²) >= 11 is 0. The zero-order valence-electron chi connectivity index (χ0n) is 10.3. The van der Waals surface area contributed by atoms with Gasteiger partial charge in [0, 0.05) is 45.4 Å². The molecule has 0 aromatic heterocycles. The lowest BCUT2D eigenvalue weighted by Crippen LogP contribution is -2.51. The highest BCUT2D eigenvalue weighted by Crippen LogP contribution is 2.09. The van der Waals surface area contributed by atoms with E-state index in [4.69, 9.17) is 4.74 Å². The maximum Gasteiger partial charge on any atom is 0.0478 e. The number of nitrogens with one attached hydrogen (secondary N) is 1. The van der Waals surface area contributed by atoms with Crippen molar-refractivity contribution >= 4 is 0 Å². The van der Waals surface area contributed by atoms with Gasteiger partial charge in [0.2, 0.25) is 0 Å². The van der Waals surface area contributed by atoms with Crippen molar-refractivity contribution in [1.29, 1.82) is 0 Å². The molecule has 1 fully saturated rings. The monoisotopic (exact) mass is 214 g/mol. The van der Waals surface area contributed by atoms with E-state index < -0.39 is 0 Å². The third kappa shape index (κ3) is 4.96. The minimum absolute atomic E-state index is 0.755. The first kappa shape index (κ1) is 12.9. The second-order valence-corrected chi connectivity index (χ2v) is 4.23. The molecule has 1 rings (SSSR count). The first-order chi connectivity index (χ1) is 7.38. The second kappa shape index (κ2) is 8.08. The predicted octanol–water partition coefficient (Wildman–Crippen LogP) is 1.49. The van der Waals surface area contributed by atoms with Gasteiger partial charge >= 0.3 is 0 Å². The molecule has 0 aromatic carbocycles. The smallest absolute Gasteiger partial charge is 0.0478 e. The Hall–Kier alpha value is -0.120. The molecule has 1 unspecified atom stereocenters. The third-order valence-electron chi connectivity index (χ3n) is 3.03. The van der Waals surface area contributed by atoms with Crippen molar-refractivity contribution in [2.45, 2.75) is 39.2 Å². The summed E-state index contributed by atoms with van der Waals surface area (Å²) < 4.78 is 5.38. The molecule has 1 heterocycles. The molecule has 1 aliphatic heterocycles. The zero-order valence-corrected chi connectivity index (χ0v) is 10.3. The van der Waals surface area contributed by atoms with Crippen molar-refractivity contribution in [3.63, 3.8) is 0 Å². The van der Waals surface area contributed by atoms with Gasteiger partial charge in [-0.05, 0) is 19.8 Å². The lowest BCUT2D eigenvalue weighted by atomic mass is 10.1. The zero-order chi connectivity index (χ0) is 10.9. The van der Waals surface area contributed by atoms with Crippen LogP contribution in [0.15, 0.2) is 0 Å². The fourth-order valence-electron chi connectivity index (χ4n) is 2.23. The Kier molecular flexibility index (Phi) is 6.98. The molecule has 0 amide bonds. The van der Waals surface area contributed by atoms with Gasteiger partial charge in [0.25, 0.3) is 0 Å². The molecule has 0 saturated carbocycles. The highest BCUT2D eigenvalue weighted by Gasteiger charge is 2.20. The van der Waals surface area contributed by atoms with E-state index in [0.29, 0.717) is 0 Å². The lowest BCUT2D eigenvalue weighted by Gasteiger charge is -2.36. The Bertz CT molecular complexity index is 151. The Morgan fingerprint density at radius 2 is 2.27 bits per heavy atom. The Balaban J connectivity index is 2.17. The average molecular weight is 214 g/mol. The largest absolute Gasteiger partial charge is 0.382 e. The lowest BCUT2D eigenvalue weighted by molar-refractivity contribution is 0.107. The molecule has 90 valence electrons. The molecule has 15 heavy (non-hydrogen) atoms. The van der Waals surface area contributed by atoms with E-state index in [1.54, 1.807) is 0 Å². The predicted molar refractivity (Wildman–Crippen MR) is 64.2 cm³/mol. The third-order valence-corrected chi connectivity index (χ3v) is 3.03. The standard InChI is InChI=1S/C12H26N2O/c1-3-6-12-11-13-7-9-14(12)8-5-10-15-4-2/h12-13H,3-11H2,1-2H3. The first-order valence-corrected chi connectivity index (χ1v) is 6.41. The fourth-order valence-corrected chi connectivity index (χ4v) is 2.23. The van der Waals surface area contributed by atoms with E-state index in [-0.39, 0.29) is 0 Å². The quantitative estimate of drug-likeness (QED) is 0.650. The van der Waals surface area contributed by atoms with Crippen LogP contribution in [0, 0.1) is 0 Å².